The van der Waals surface area contributed by atoms with Crippen LogP contribution >= 0.6 is 0 Å². The molecule has 1 aromatic rings. The quantitative estimate of drug-likeness (QED) is 0.714. The average molecular weight is 224 g/mol. The molecule has 1 rings (SSSR count). The number of carbonyl (C=O) groups excluding carboxylic acids is 1. The van der Waals surface area contributed by atoms with Gasteiger partial charge in [0.15, 0.2) is 0 Å². The van der Waals surface area contributed by atoms with Crippen LogP contribution in [0.2, 0.25) is 0 Å². The molecule has 0 aromatic heterocycles. The van der Waals surface area contributed by atoms with Crippen molar-refractivity contribution in [3.8, 4) is 0 Å². The zero-order chi connectivity index (χ0) is 11.8. The zero-order valence-corrected chi connectivity index (χ0v) is 9.21. The Morgan fingerprint density at radius 1 is 1.31 bits per heavy atom. The van der Waals surface area contributed by atoms with Crippen LogP contribution in [0.15, 0.2) is 24.3 Å². The molecule has 0 aliphatic rings. The summed E-state index contributed by atoms with van der Waals surface area (Å²) < 4.78 is 13.2. The SMILES string of the molecule is NCCCCNC(=O)Cc1ccccc1F. The van der Waals surface area contributed by atoms with Gasteiger partial charge in [0.1, 0.15) is 5.82 Å². The molecule has 88 valence electrons. The van der Waals surface area contributed by atoms with E-state index in [1.165, 1.54) is 6.07 Å². The predicted octanol–water partition coefficient (Wildman–Crippen LogP) is 1.22. The first kappa shape index (κ1) is 12.6. The zero-order valence-electron chi connectivity index (χ0n) is 9.21. The van der Waals surface area contributed by atoms with E-state index < -0.39 is 0 Å². The minimum atomic E-state index is -0.334. The molecule has 1 aromatic carbocycles. The van der Waals surface area contributed by atoms with E-state index >= 15 is 0 Å². The molecule has 0 heterocycles. The number of nitrogens with one attached hydrogen (secondary N) is 1. The van der Waals surface area contributed by atoms with Crippen LogP contribution in [-0.4, -0.2) is 19.0 Å². The second-order valence-electron chi connectivity index (χ2n) is 3.61. The van der Waals surface area contributed by atoms with E-state index in [0.717, 1.165) is 12.8 Å². The third-order valence-electron chi connectivity index (χ3n) is 2.26. The number of benzene rings is 1. The van der Waals surface area contributed by atoms with Crippen LogP contribution in [0.4, 0.5) is 4.39 Å². The Balaban J connectivity index is 2.32. The standard InChI is InChI=1S/C12H17FN2O/c13-11-6-2-1-5-10(11)9-12(16)15-8-4-3-7-14/h1-2,5-6H,3-4,7-9,14H2,(H,15,16). The Labute approximate surface area is 94.8 Å². The molecule has 0 atom stereocenters. The molecule has 0 radical (unpaired) electrons. The highest BCUT2D eigenvalue weighted by Crippen LogP contribution is 2.06. The van der Waals surface area contributed by atoms with Crippen LogP contribution in [0, 0.1) is 5.82 Å². The van der Waals surface area contributed by atoms with Crippen LogP contribution < -0.4 is 11.1 Å². The predicted molar refractivity (Wildman–Crippen MR) is 61.4 cm³/mol. The summed E-state index contributed by atoms with van der Waals surface area (Å²) in [4.78, 5) is 11.4. The lowest BCUT2D eigenvalue weighted by Crippen LogP contribution is -2.26. The van der Waals surface area contributed by atoms with Crippen LogP contribution in [0.1, 0.15) is 18.4 Å². The van der Waals surface area contributed by atoms with Crippen LogP contribution in [0.5, 0.6) is 0 Å². The Morgan fingerprint density at radius 3 is 2.75 bits per heavy atom. The highest BCUT2D eigenvalue weighted by atomic mass is 19.1. The maximum atomic E-state index is 13.2. The fourth-order valence-electron chi connectivity index (χ4n) is 1.37. The summed E-state index contributed by atoms with van der Waals surface area (Å²) in [5.41, 5.74) is 5.76. The minimum Gasteiger partial charge on any atom is -0.356 e. The lowest BCUT2D eigenvalue weighted by molar-refractivity contribution is -0.120. The van der Waals surface area contributed by atoms with Gasteiger partial charge in [-0.25, -0.2) is 4.39 Å². The number of hydrogen-bond donors (Lipinski definition) is 2. The minimum absolute atomic E-state index is 0.0926. The monoisotopic (exact) mass is 224 g/mol. The lowest BCUT2D eigenvalue weighted by Gasteiger charge is -2.05. The second kappa shape index (κ2) is 6.95. The van der Waals surface area contributed by atoms with Crippen molar-refractivity contribution >= 4 is 5.91 Å². The van der Waals surface area contributed by atoms with Gasteiger partial charge in [-0.15, -0.1) is 0 Å². The maximum absolute atomic E-state index is 13.2. The van der Waals surface area contributed by atoms with Crippen molar-refractivity contribution in [2.45, 2.75) is 19.3 Å². The molecule has 3 nitrogen and oxygen atoms in total. The summed E-state index contributed by atoms with van der Waals surface area (Å²) in [7, 11) is 0. The molecular weight excluding hydrogens is 207 g/mol. The van der Waals surface area contributed by atoms with Gasteiger partial charge >= 0.3 is 0 Å². The molecule has 0 saturated heterocycles. The van der Waals surface area contributed by atoms with Crippen LogP contribution in [-0.2, 0) is 11.2 Å². The molecule has 0 aliphatic heterocycles. The fourth-order valence-corrected chi connectivity index (χ4v) is 1.37. The lowest BCUT2D eigenvalue weighted by atomic mass is 10.1. The Hall–Kier alpha value is -1.42. The first-order chi connectivity index (χ1) is 7.74. The molecule has 0 spiro atoms. The maximum Gasteiger partial charge on any atom is 0.224 e. The molecule has 16 heavy (non-hydrogen) atoms. The van der Waals surface area contributed by atoms with E-state index in [9.17, 15) is 9.18 Å². The second-order valence-corrected chi connectivity index (χ2v) is 3.61. The van der Waals surface area contributed by atoms with Gasteiger partial charge in [-0.2, -0.15) is 0 Å². The molecule has 0 aliphatic carbocycles. The first-order valence-electron chi connectivity index (χ1n) is 5.44. The largest absolute Gasteiger partial charge is 0.356 e. The van der Waals surface area contributed by atoms with Gasteiger partial charge in [-0.05, 0) is 31.0 Å². The van der Waals surface area contributed by atoms with E-state index in [1.54, 1.807) is 18.2 Å². The molecule has 1 amide bonds. The normalized spacial score (nSPS) is 10.1. The number of nitrogens with two attached hydrogens (primary N) is 1. The van der Waals surface area contributed by atoms with Gasteiger partial charge in [0.2, 0.25) is 5.91 Å². The van der Waals surface area contributed by atoms with E-state index in [0.29, 0.717) is 18.7 Å². The number of amides is 1. The number of carbonyl (C=O) groups is 1. The van der Waals surface area contributed by atoms with Crippen LogP contribution in [0.3, 0.4) is 0 Å². The van der Waals surface area contributed by atoms with Crippen molar-refractivity contribution in [3.05, 3.63) is 35.6 Å². The summed E-state index contributed by atoms with van der Waals surface area (Å²) in [6.45, 7) is 1.23. The Morgan fingerprint density at radius 2 is 2.06 bits per heavy atom. The van der Waals surface area contributed by atoms with E-state index in [1.807, 2.05) is 0 Å². The third-order valence-corrected chi connectivity index (χ3v) is 2.26. The van der Waals surface area contributed by atoms with E-state index in [-0.39, 0.29) is 18.1 Å². The number of halogens is 1. The summed E-state index contributed by atoms with van der Waals surface area (Å²) in [6, 6.07) is 6.31. The first-order valence-corrected chi connectivity index (χ1v) is 5.44. The van der Waals surface area contributed by atoms with Gasteiger partial charge < -0.3 is 11.1 Å². The number of unbranched alkanes of at least 4 members (excludes halogenated alkanes) is 1. The van der Waals surface area contributed by atoms with Crippen molar-refractivity contribution in [2.75, 3.05) is 13.1 Å². The fraction of sp³-hybridized carbons (Fsp3) is 0.417. The molecule has 0 bridgehead atoms. The summed E-state index contributed by atoms with van der Waals surface area (Å²) in [5, 5.41) is 2.73. The summed E-state index contributed by atoms with van der Waals surface area (Å²) in [5.74, 6) is -0.485. The topological polar surface area (TPSA) is 55.1 Å². The highest BCUT2D eigenvalue weighted by molar-refractivity contribution is 5.78. The highest BCUT2D eigenvalue weighted by Gasteiger charge is 2.06. The van der Waals surface area contributed by atoms with Gasteiger partial charge in [0.25, 0.3) is 0 Å². The molecule has 0 fully saturated rings. The van der Waals surface area contributed by atoms with Gasteiger partial charge in [-0.1, -0.05) is 18.2 Å². The van der Waals surface area contributed by atoms with Crippen LogP contribution in [0.25, 0.3) is 0 Å². The van der Waals surface area contributed by atoms with E-state index in [4.69, 9.17) is 5.73 Å². The van der Waals surface area contributed by atoms with Crippen molar-refractivity contribution < 1.29 is 9.18 Å². The number of rotatable bonds is 6. The number of hydrogen-bond acceptors (Lipinski definition) is 2. The Bertz CT molecular complexity index is 342. The average Bonchev–Trinajstić information content (AvgIpc) is 2.28. The van der Waals surface area contributed by atoms with Gasteiger partial charge in [-0.3, -0.25) is 4.79 Å². The summed E-state index contributed by atoms with van der Waals surface area (Å²) >= 11 is 0. The Kier molecular flexibility index (Phi) is 5.50. The van der Waals surface area contributed by atoms with Gasteiger partial charge in [0, 0.05) is 6.54 Å². The molecule has 0 unspecified atom stereocenters. The van der Waals surface area contributed by atoms with E-state index in [2.05, 4.69) is 5.32 Å². The summed E-state index contributed by atoms with van der Waals surface area (Å²) in [6.07, 6.45) is 1.84. The molecule has 0 saturated carbocycles. The molecule has 4 heteroatoms. The van der Waals surface area contributed by atoms with Gasteiger partial charge in [0.05, 0.1) is 6.42 Å². The molecular formula is C12H17FN2O. The third kappa shape index (κ3) is 4.40. The van der Waals surface area contributed by atoms with Crippen molar-refractivity contribution in [1.82, 2.24) is 5.32 Å². The van der Waals surface area contributed by atoms with Crippen molar-refractivity contribution in [2.24, 2.45) is 5.73 Å². The van der Waals surface area contributed by atoms with Crippen molar-refractivity contribution in [1.29, 1.82) is 0 Å². The van der Waals surface area contributed by atoms with Crippen molar-refractivity contribution in [3.63, 3.8) is 0 Å². The smallest absolute Gasteiger partial charge is 0.224 e. The molecule has 3 N–H and O–H groups in total.